The number of amides is 1. The molecule has 4 heterocycles. The molecule has 2 aliphatic heterocycles. The van der Waals surface area contributed by atoms with E-state index in [1.165, 1.54) is 0 Å². The number of fused-ring (bicyclic) bond motifs is 1. The molecule has 0 radical (unpaired) electrons. The Morgan fingerprint density at radius 1 is 1.38 bits per heavy atom. The molecule has 24 heavy (non-hydrogen) atoms. The van der Waals surface area contributed by atoms with Crippen LogP contribution in [0.25, 0.3) is 4.96 Å². The minimum Gasteiger partial charge on any atom is -0.348 e. The van der Waals surface area contributed by atoms with Crippen LogP contribution in [-0.2, 0) is 20.7 Å². The number of likely N-dealkylation sites (tertiary alicyclic amines) is 1. The van der Waals surface area contributed by atoms with E-state index < -0.39 is 0 Å². The highest BCUT2D eigenvalue weighted by Gasteiger charge is 2.35. The zero-order valence-electron chi connectivity index (χ0n) is 13.9. The SMILES string of the molecule is Cc1cn2c(CCC(=O)N3CCCCC3C3OCCO3)csc2n1. The number of imidazole rings is 1. The summed E-state index contributed by atoms with van der Waals surface area (Å²) in [6, 6.07) is 0.0757. The maximum absolute atomic E-state index is 12.8. The van der Waals surface area contributed by atoms with Gasteiger partial charge in [0.15, 0.2) is 11.3 Å². The molecule has 4 rings (SSSR count). The summed E-state index contributed by atoms with van der Waals surface area (Å²) in [5.74, 6) is 0.204. The van der Waals surface area contributed by atoms with Crippen molar-refractivity contribution in [2.75, 3.05) is 19.8 Å². The van der Waals surface area contributed by atoms with Gasteiger partial charge in [0.1, 0.15) is 0 Å². The lowest BCUT2D eigenvalue weighted by molar-refractivity contribution is -0.150. The highest BCUT2D eigenvalue weighted by atomic mass is 32.1. The Morgan fingerprint density at radius 2 is 2.21 bits per heavy atom. The number of thiazole rings is 1. The Hall–Kier alpha value is -1.44. The van der Waals surface area contributed by atoms with Crippen LogP contribution in [0.15, 0.2) is 11.6 Å². The predicted octanol–water partition coefficient (Wildman–Crippen LogP) is 2.39. The third-order valence-corrected chi connectivity index (χ3v) is 5.72. The molecule has 0 saturated carbocycles. The molecule has 0 aliphatic carbocycles. The van der Waals surface area contributed by atoms with Crippen LogP contribution in [0.1, 0.15) is 37.1 Å². The molecule has 2 aromatic heterocycles. The van der Waals surface area contributed by atoms with Crippen LogP contribution < -0.4 is 0 Å². The van der Waals surface area contributed by atoms with Gasteiger partial charge < -0.3 is 14.4 Å². The second-order valence-corrected chi connectivity index (χ2v) is 7.36. The van der Waals surface area contributed by atoms with E-state index in [1.807, 2.05) is 18.0 Å². The molecule has 0 aromatic carbocycles. The molecule has 1 unspecified atom stereocenters. The second-order valence-electron chi connectivity index (χ2n) is 6.52. The topological polar surface area (TPSA) is 56.1 Å². The molecule has 2 aromatic rings. The third kappa shape index (κ3) is 3.08. The summed E-state index contributed by atoms with van der Waals surface area (Å²) in [4.78, 5) is 20.3. The van der Waals surface area contributed by atoms with Gasteiger partial charge in [-0.1, -0.05) is 0 Å². The minimum atomic E-state index is -0.238. The number of hydrogen-bond donors (Lipinski definition) is 0. The average Bonchev–Trinajstić information content (AvgIpc) is 3.30. The van der Waals surface area contributed by atoms with Gasteiger partial charge in [0.25, 0.3) is 0 Å². The average molecular weight is 349 g/mol. The first kappa shape index (κ1) is 16.1. The van der Waals surface area contributed by atoms with E-state index in [0.717, 1.165) is 48.6 Å². The van der Waals surface area contributed by atoms with Crippen LogP contribution in [0.3, 0.4) is 0 Å². The van der Waals surface area contributed by atoms with Crippen LogP contribution in [0.5, 0.6) is 0 Å². The van der Waals surface area contributed by atoms with Crippen molar-refractivity contribution in [1.82, 2.24) is 14.3 Å². The van der Waals surface area contributed by atoms with Crippen LogP contribution in [-0.4, -0.2) is 52.3 Å². The Balaban J connectivity index is 1.42. The molecular formula is C17H23N3O3S. The molecule has 130 valence electrons. The second kappa shape index (κ2) is 6.82. The van der Waals surface area contributed by atoms with Gasteiger partial charge in [-0.05, 0) is 32.6 Å². The predicted molar refractivity (Wildman–Crippen MR) is 91.2 cm³/mol. The van der Waals surface area contributed by atoms with Gasteiger partial charge >= 0.3 is 0 Å². The van der Waals surface area contributed by atoms with E-state index in [-0.39, 0.29) is 18.2 Å². The molecule has 1 amide bonds. The van der Waals surface area contributed by atoms with Crippen molar-refractivity contribution in [3.63, 3.8) is 0 Å². The molecule has 2 fully saturated rings. The lowest BCUT2D eigenvalue weighted by atomic mass is 10.0. The molecule has 1 atom stereocenters. The van der Waals surface area contributed by atoms with Crippen molar-refractivity contribution in [2.24, 2.45) is 0 Å². The highest BCUT2D eigenvalue weighted by molar-refractivity contribution is 7.15. The number of piperidine rings is 1. The fraction of sp³-hybridized carbons (Fsp3) is 0.647. The Kier molecular flexibility index (Phi) is 4.56. The molecule has 2 aliphatic rings. The summed E-state index contributed by atoms with van der Waals surface area (Å²) < 4.78 is 13.4. The Morgan fingerprint density at radius 3 is 3.04 bits per heavy atom. The monoisotopic (exact) mass is 349 g/mol. The van der Waals surface area contributed by atoms with E-state index in [1.54, 1.807) is 11.3 Å². The summed E-state index contributed by atoms with van der Waals surface area (Å²) in [6.45, 7) is 4.08. The molecule has 7 heteroatoms. The zero-order valence-corrected chi connectivity index (χ0v) is 14.8. The first-order chi connectivity index (χ1) is 11.7. The number of carbonyl (C=O) groups excluding carboxylic acids is 1. The maximum atomic E-state index is 12.8. The zero-order chi connectivity index (χ0) is 16.5. The fourth-order valence-electron chi connectivity index (χ4n) is 3.65. The Bertz CT molecular complexity index is 720. The summed E-state index contributed by atoms with van der Waals surface area (Å²) in [5, 5.41) is 2.10. The van der Waals surface area contributed by atoms with Crippen LogP contribution in [0, 0.1) is 6.92 Å². The van der Waals surface area contributed by atoms with Gasteiger partial charge in [0.05, 0.1) is 24.9 Å². The summed E-state index contributed by atoms with van der Waals surface area (Å²) in [7, 11) is 0. The van der Waals surface area contributed by atoms with E-state index in [2.05, 4.69) is 14.8 Å². The highest BCUT2D eigenvalue weighted by Crippen LogP contribution is 2.25. The van der Waals surface area contributed by atoms with Crippen LogP contribution in [0.4, 0.5) is 0 Å². The van der Waals surface area contributed by atoms with Crippen molar-refractivity contribution in [3.8, 4) is 0 Å². The lowest BCUT2D eigenvalue weighted by Crippen LogP contribution is -2.50. The number of rotatable bonds is 4. The number of aromatic nitrogens is 2. The number of aryl methyl sites for hydroxylation is 2. The summed E-state index contributed by atoms with van der Waals surface area (Å²) in [5.41, 5.74) is 2.17. The van der Waals surface area contributed by atoms with Gasteiger partial charge in [0.2, 0.25) is 5.91 Å². The van der Waals surface area contributed by atoms with Crippen molar-refractivity contribution < 1.29 is 14.3 Å². The molecule has 2 saturated heterocycles. The number of nitrogens with zero attached hydrogens (tertiary/aromatic N) is 3. The minimum absolute atomic E-state index is 0.0757. The van der Waals surface area contributed by atoms with E-state index in [0.29, 0.717) is 19.6 Å². The lowest BCUT2D eigenvalue weighted by Gasteiger charge is -2.38. The van der Waals surface area contributed by atoms with Crippen LogP contribution >= 0.6 is 11.3 Å². The van der Waals surface area contributed by atoms with Gasteiger partial charge in [0, 0.05) is 30.2 Å². The number of hydrogen-bond acceptors (Lipinski definition) is 5. The maximum Gasteiger partial charge on any atom is 0.223 e. The van der Waals surface area contributed by atoms with Gasteiger partial charge in [-0.3, -0.25) is 9.20 Å². The van der Waals surface area contributed by atoms with Crippen molar-refractivity contribution in [2.45, 2.75) is 51.4 Å². The standard InChI is InChI=1S/C17H23N3O3S/c1-12-10-20-13(11-24-17(20)18-12)5-6-15(21)19-7-3-2-4-14(19)16-22-8-9-23-16/h10-11,14,16H,2-9H2,1H3. The third-order valence-electron chi connectivity index (χ3n) is 4.83. The quantitative estimate of drug-likeness (QED) is 0.850. The smallest absolute Gasteiger partial charge is 0.223 e. The fourth-order valence-corrected chi connectivity index (χ4v) is 4.60. The van der Waals surface area contributed by atoms with Gasteiger partial charge in [-0.2, -0.15) is 0 Å². The largest absolute Gasteiger partial charge is 0.348 e. The van der Waals surface area contributed by atoms with E-state index >= 15 is 0 Å². The molecule has 6 nitrogen and oxygen atoms in total. The summed E-state index contributed by atoms with van der Waals surface area (Å²) in [6.07, 6.45) is 6.24. The van der Waals surface area contributed by atoms with E-state index in [4.69, 9.17) is 9.47 Å². The molecule has 0 N–H and O–H groups in total. The first-order valence-corrected chi connectivity index (χ1v) is 9.55. The Labute approximate surface area is 145 Å². The van der Waals surface area contributed by atoms with Crippen molar-refractivity contribution in [1.29, 1.82) is 0 Å². The van der Waals surface area contributed by atoms with Gasteiger partial charge in [-0.25, -0.2) is 4.98 Å². The van der Waals surface area contributed by atoms with Crippen molar-refractivity contribution in [3.05, 3.63) is 23.0 Å². The molecular weight excluding hydrogens is 326 g/mol. The number of ether oxygens (including phenoxy) is 2. The number of carbonyl (C=O) groups is 1. The molecule has 0 bridgehead atoms. The molecule has 0 spiro atoms. The first-order valence-electron chi connectivity index (χ1n) is 8.67. The normalized spacial score (nSPS) is 22.5. The van der Waals surface area contributed by atoms with Gasteiger partial charge in [-0.15, -0.1) is 11.3 Å². The van der Waals surface area contributed by atoms with Crippen molar-refractivity contribution >= 4 is 22.2 Å². The summed E-state index contributed by atoms with van der Waals surface area (Å²) >= 11 is 1.63. The van der Waals surface area contributed by atoms with E-state index in [9.17, 15) is 4.79 Å². The van der Waals surface area contributed by atoms with Crippen LogP contribution in [0.2, 0.25) is 0 Å².